The van der Waals surface area contributed by atoms with Crippen molar-refractivity contribution < 1.29 is 19.1 Å². The van der Waals surface area contributed by atoms with Crippen molar-refractivity contribution in [2.75, 3.05) is 14.2 Å². The maximum absolute atomic E-state index is 12.7. The number of esters is 1. The second-order valence-corrected chi connectivity index (χ2v) is 7.46. The van der Waals surface area contributed by atoms with Gasteiger partial charge in [-0.2, -0.15) is 4.99 Å². The van der Waals surface area contributed by atoms with Gasteiger partial charge < -0.3 is 14.0 Å². The molecule has 0 N–H and O–H groups in total. The number of nitrogens with zero attached hydrogens (tertiary/aromatic N) is 2. The molecule has 0 spiro atoms. The third kappa shape index (κ3) is 4.46. The van der Waals surface area contributed by atoms with E-state index in [0.29, 0.717) is 22.7 Å². The number of methoxy groups -OCH3 is 2. The number of carbonyl (C=O) groups is 2. The molecule has 0 radical (unpaired) electrons. The Morgan fingerprint density at radius 1 is 1.21 bits per heavy atom. The molecule has 3 aromatic rings. The zero-order valence-corrected chi connectivity index (χ0v) is 17.4. The number of allylic oxidation sites excluding steroid dienone is 1. The largest absolute Gasteiger partial charge is 0.496 e. The lowest BCUT2D eigenvalue weighted by Gasteiger charge is -2.07. The average molecular weight is 410 g/mol. The normalized spacial score (nSPS) is 11.5. The van der Waals surface area contributed by atoms with Crippen molar-refractivity contribution in [2.24, 2.45) is 4.99 Å². The molecule has 1 aromatic heterocycles. The van der Waals surface area contributed by atoms with Crippen LogP contribution in [0.4, 0.5) is 0 Å². The summed E-state index contributed by atoms with van der Waals surface area (Å²) >= 11 is 1.35. The van der Waals surface area contributed by atoms with Gasteiger partial charge in [-0.05, 0) is 31.2 Å². The summed E-state index contributed by atoms with van der Waals surface area (Å²) in [5.74, 6) is -0.0136. The molecule has 0 saturated heterocycles. The molecule has 0 fully saturated rings. The molecule has 0 aliphatic carbocycles. The first-order valence-electron chi connectivity index (χ1n) is 9.00. The first-order chi connectivity index (χ1) is 14.0. The van der Waals surface area contributed by atoms with E-state index < -0.39 is 5.97 Å². The van der Waals surface area contributed by atoms with Gasteiger partial charge in [-0.15, -0.1) is 6.58 Å². The minimum atomic E-state index is -0.406. The van der Waals surface area contributed by atoms with Gasteiger partial charge in [0.25, 0.3) is 5.91 Å². The van der Waals surface area contributed by atoms with Crippen LogP contribution in [0.2, 0.25) is 0 Å². The Labute approximate surface area is 172 Å². The lowest BCUT2D eigenvalue weighted by molar-refractivity contribution is -0.117. The molecular formula is C22H22N2O4S. The number of amides is 1. The number of rotatable bonds is 6. The Kier molecular flexibility index (Phi) is 6.29. The van der Waals surface area contributed by atoms with Gasteiger partial charge in [0.2, 0.25) is 0 Å². The van der Waals surface area contributed by atoms with Crippen LogP contribution in [0.25, 0.3) is 10.2 Å². The average Bonchev–Trinajstić information content (AvgIpc) is 3.04. The highest BCUT2D eigenvalue weighted by Crippen LogP contribution is 2.22. The van der Waals surface area contributed by atoms with Crippen molar-refractivity contribution in [3.8, 4) is 5.75 Å². The van der Waals surface area contributed by atoms with Gasteiger partial charge in [-0.1, -0.05) is 35.1 Å². The van der Waals surface area contributed by atoms with E-state index in [1.165, 1.54) is 18.4 Å². The molecule has 0 saturated carbocycles. The lowest BCUT2D eigenvalue weighted by atomic mass is 10.1. The first kappa shape index (κ1) is 20.5. The van der Waals surface area contributed by atoms with Crippen LogP contribution < -0.4 is 9.54 Å². The first-order valence-corrected chi connectivity index (χ1v) is 9.82. The number of ether oxygens (including phenoxy) is 2. The van der Waals surface area contributed by atoms with E-state index in [1.54, 1.807) is 25.3 Å². The smallest absolute Gasteiger partial charge is 0.337 e. The molecule has 0 aliphatic rings. The fourth-order valence-electron chi connectivity index (χ4n) is 3.06. The van der Waals surface area contributed by atoms with Gasteiger partial charge in [0, 0.05) is 12.1 Å². The summed E-state index contributed by atoms with van der Waals surface area (Å²) in [6, 6.07) is 11.0. The van der Waals surface area contributed by atoms with E-state index in [2.05, 4.69) is 11.6 Å². The van der Waals surface area contributed by atoms with Crippen molar-refractivity contribution in [1.82, 2.24) is 4.57 Å². The second-order valence-electron chi connectivity index (χ2n) is 6.46. The number of thiazole rings is 1. The van der Waals surface area contributed by atoms with Crippen LogP contribution in [0.1, 0.15) is 21.5 Å². The van der Waals surface area contributed by atoms with Gasteiger partial charge in [0.1, 0.15) is 5.75 Å². The van der Waals surface area contributed by atoms with E-state index in [4.69, 9.17) is 9.47 Å². The number of aryl methyl sites for hydroxylation is 1. The summed E-state index contributed by atoms with van der Waals surface area (Å²) in [6.07, 6.45) is 1.88. The van der Waals surface area contributed by atoms with Gasteiger partial charge in [-0.25, -0.2) is 4.79 Å². The monoisotopic (exact) mass is 410 g/mol. The fraction of sp³-hybridized carbons (Fsp3) is 0.227. The third-order valence-corrected chi connectivity index (χ3v) is 5.45. The van der Waals surface area contributed by atoms with Gasteiger partial charge in [0.05, 0.1) is 36.4 Å². The van der Waals surface area contributed by atoms with Crippen molar-refractivity contribution in [2.45, 2.75) is 19.9 Å². The minimum absolute atomic E-state index is 0.139. The summed E-state index contributed by atoms with van der Waals surface area (Å²) in [5.41, 5.74) is 3.18. The second kappa shape index (κ2) is 8.87. The zero-order valence-electron chi connectivity index (χ0n) is 16.6. The summed E-state index contributed by atoms with van der Waals surface area (Å²) in [5, 5.41) is 0. The Morgan fingerprint density at radius 3 is 2.69 bits per heavy atom. The molecule has 6 nitrogen and oxygen atoms in total. The molecule has 3 rings (SSSR count). The lowest BCUT2D eigenvalue weighted by Crippen LogP contribution is -2.17. The number of fused-ring (bicyclic) bond motifs is 1. The molecule has 0 bridgehead atoms. The highest BCUT2D eigenvalue weighted by molar-refractivity contribution is 7.16. The fourth-order valence-corrected chi connectivity index (χ4v) is 4.16. The summed E-state index contributed by atoms with van der Waals surface area (Å²) in [6.45, 7) is 6.25. The Morgan fingerprint density at radius 2 is 2.00 bits per heavy atom. The topological polar surface area (TPSA) is 69.9 Å². The van der Waals surface area contributed by atoms with E-state index in [-0.39, 0.29) is 12.3 Å². The van der Waals surface area contributed by atoms with E-state index in [1.807, 2.05) is 35.8 Å². The highest BCUT2D eigenvalue weighted by atomic mass is 32.1. The van der Waals surface area contributed by atoms with Crippen LogP contribution in [0.15, 0.2) is 54.0 Å². The molecule has 7 heteroatoms. The van der Waals surface area contributed by atoms with E-state index >= 15 is 0 Å². The maximum atomic E-state index is 12.7. The summed E-state index contributed by atoms with van der Waals surface area (Å²) < 4.78 is 12.9. The molecule has 0 unspecified atom stereocenters. The van der Waals surface area contributed by atoms with Crippen LogP contribution in [-0.2, 0) is 22.5 Å². The number of hydrogen-bond donors (Lipinski definition) is 0. The Hall–Kier alpha value is -3.19. The number of aromatic nitrogens is 1. The SMILES string of the molecule is C=CCn1c(=NC(=O)Cc2cc(C)ccc2OC)sc2cc(C(=O)OC)ccc21. The number of carbonyl (C=O) groups excluding carboxylic acids is 2. The quantitative estimate of drug-likeness (QED) is 0.459. The molecule has 1 heterocycles. The van der Waals surface area contributed by atoms with Gasteiger partial charge >= 0.3 is 5.97 Å². The third-order valence-electron chi connectivity index (χ3n) is 4.41. The Balaban J connectivity index is 2.03. The molecule has 2 aromatic carbocycles. The predicted octanol–water partition coefficient (Wildman–Crippen LogP) is 3.66. The number of hydrogen-bond acceptors (Lipinski definition) is 5. The van der Waals surface area contributed by atoms with Crippen LogP contribution in [0.5, 0.6) is 5.75 Å². The maximum Gasteiger partial charge on any atom is 0.337 e. The van der Waals surface area contributed by atoms with Crippen molar-refractivity contribution >= 4 is 33.4 Å². The highest BCUT2D eigenvalue weighted by Gasteiger charge is 2.13. The molecule has 0 aliphatic heterocycles. The van der Waals surface area contributed by atoms with Crippen LogP contribution >= 0.6 is 11.3 Å². The van der Waals surface area contributed by atoms with Crippen LogP contribution in [-0.4, -0.2) is 30.7 Å². The minimum Gasteiger partial charge on any atom is -0.496 e. The molecule has 150 valence electrons. The molecule has 29 heavy (non-hydrogen) atoms. The van der Waals surface area contributed by atoms with E-state index in [9.17, 15) is 9.59 Å². The summed E-state index contributed by atoms with van der Waals surface area (Å²) in [7, 11) is 2.93. The predicted molar refractivity (Wildman–Crippen MR) is 113 cm³/mol. The molecule has 0 atom stereocenters. The van der Waals surface area contributed by atoms with Crippen molar-refractivity contribution in [1.29, 1.82) is 0 Å². The van der Waals surface area contributed by atoms with Gasteiger partial charge in [0.15, 0.2) is 4.80 Å². The van der Waals surface area contributed by atoms with Crippen molar-refractivity contribution in [3.05, 3.63) is 70.5 Å². The van der Waals surface area contributed by atoms with E-state index in [0.717, 1.165) is 21.3 Å². The van der Waals surface area contributed by atoms with Crippen LogP contribution in [0.3, 0.4) is 0 Å². The zero-order chi connectivity index (χ0) is 21.0. The van der Waals surface area contributed by atoms with Crippen molar-refractivity contribution in [3.63, 3.8) is 0 Å². The molecule has 1 amide bonds. The standard InChI is InChI=1S/C22H22N2O4S/c1-5-10-24-17-8-7-15(21(26)28-4)12-19(17)29-22(24)23-20(25)13-16-11-14(2)6-9-18(16)27-3/h5-9,11-12H,1,10,13H2,2-4H3. The Bertz CT molecular complexity index is 1160. The summed E-state index contributed by atoms with van der Waals surface area (Å²) in [4.78, 5) is 29.4. The number of benzene rings is 2. The van der Waals surface area contributed by atoms with Gasteiger partial charge in [-0.3, -0.25) is 4.79 Å². The molecular weight excluding hydrogens is 388 g/mol. The van der Waals surface area contributed by atoms with Crippen LogP contribution in [0, 0.1) is 6.92 Å².